The topological polar surface area (TPSA) is 16.1 Å². The minimum Gasteiger partial charge on any atom is -0.299 e. The van der Waals surface area contributed by atoms with Crippen molar-refractivity contribution in [2.45, 2.75) is 25.3 Å². The zero-order valence-corrected chi connectivity index (χ0v) is 8.61. The summed E-state index contributed by atoms with van der Waals surface area (Å²) in [5.74, 6) is 0.886. The molecule has 1 aliphatic heterocycles. The van der Waals surface area contributed by atoms with Gasteiger partial charge >= 0.3 is 0 Å². The number of nitrogens with zero attached hydrogens (tertiary/aromatic N) is 2. The molecule has 1 aromatic rings. The number of fused-ring (bicyclic) bond motifs is 3. The molecule has 3 rings (SSSR count). The third-order valence-corrected chi connectivity index (χ3v) is 3.77. The van der Waals surface area contributed by atoms with Gasteiger partial charge in [0.1, 0.15) is 0 Å². The molecule has 2 aliphatic rings. The highest BCUT2D eigenvalue weighted by atomic mass is 15.2. The van der Waals surface area contributed by atoms with E-state index in [1.165, 1.54) is 37.1 Å². The maximum Gasteiger partial charge on any atom is 0.0451 e. The van der Waals surface area contributed by atoms with E-state index in [0.29, 0.717) is 6.04 Å². The van der Waals surface area contributed by atoms with Crippen molar-refractivity contribution in [2.75, 3.05) is 13.6 Å². The first kappa shape index (κ1) is 8.42. The van der Waals surface area contributed by atoms with Crippen LogP contribution in [0.5, 0.6) is 0 Å². The molecule has 1 aromatic heterocycles. The highest BCUT2D eigenvalue weighted by molar-refractivity contribution is 5.28. The first-order valence-electron chi connectivity index (χ1n) is 5.50. The van der Waals surface area contributed by atoms with Crippen LogP contribution >= 0.6 is 0 Å². The summed E-state index contributed by atoms with van der Waals surface area (Å²) >= 11 is 0. The summed E-state index contributed by atoms with van der Waals surface area (Å²) in [6.45, 7) is 1.25. The van der Waals surface area contributed by atoms with Crippen LogP contribution in [0.15, 0.2) is 18.3 Å². The lowest BCUT2D eigenvalue weighted by atomic mass is 9.83. The Morgan fingerprint density at radius 3 is 3.29 bits per heavy atom. The predicted octanol–water partition coefficient (Wildman–Crippen LogP) is 2.02. The normalized spacial score (nSPS) is 31.2. The summed E-state index contributed by atoms with van der Waals surface area (Å²) in [5.41, 5.74) is 2.83. The second kappa shape index (κ2) is 3.06. The van der Waals surface area contributed by atoms with Gasteiger partial charge in [-0.25, -0.2) is 0 Å². The number of likely N-dealkylation sites (tertiary alicyclic amines) is 1. The van der Waals surface area contributed by atoms with Crippen LogP contribution < -0.4 is 0 Å². The van der Waals surface area contributed by atoms with Crippen molar-refractivity contribution in [3.05, 3.63) is 29.6 Å². The van der Waals surface area contributed by atoms with E-state index in [2.05, 4.69) is 29.1 Å². The number of aromatic nitrogens is 1. The smallest absolute Gasteiger partial charge is 0.0451 e. The van der Waals surface area contributed by atoms with Gasteiger partial charge in [-0.15, -0.1) is 0 Å². The molecule has 2 unspecified atom stereocenters. The molecule has 14 heavy (non-hydrogen) atoms. The predicted molar refractivity (Wildman–Crippen MR) is 56.0 cm³/mol. The van der Waals surface area contributed by atoms with E-state index in [1.807, 2.05) is 6.20 Å². The first-order valence-corrected chi connectivity index (χ1v) is 5.50. The van der Waals surface area contributed by atoms with Gasteiger partial charge in [0.15, 0.2) is 0 Å². The van der Waals surface area contributed by atoms with Crippen LogP contribution in [-0.4, -0.2) is 23.5 Å². The molecule has 2 heterocycles. The lowest BCUT2D eigenvalue weighted by Crippen LogP contribution is -2.26. The fourth-order valence-corrected chi connectivity index (χ4v) is 3.07. The molecule has 1 fully saturated rings. The fourth-order valence-electron chi connectivity index (χ4n) is 3.07. The van der Waals surface area contributed by atoms with E-state index in [4.69, 9.17) is 0 Å². The van der Waals surface area contributed by atoms with Gasteiger partial charge in [-0.3, -0.25) is 9.88 Å². The Kier molecular flexibility index (Phi) is 1.84. The molecule has 2 nitrogen and oxygen atoms in total. The maximum absolute atomic E-state index is 4.49. The van der Waals surface area contributed by atoms with Crippen molar-refractivity contribution < 1.29 is 0 Å². The van der Waals surface area contributed by atoms with Gasteiger partial charge in [0, 0.05) is 17.9 Å². The van der Waals surface area contributed by atoms with Gasteiger partial charge in [-0.05, 0) is 50.4 Å². The molecule has 0 spiro atoms. The summed E-state index contributed by atoms with van der Waals surface area (Å²) < 4.78 is 0. The van der Waals surface area contributed by atoms with Crippen molar-refractivity contribution in [1.82, 2.24) is 9.88 Å². The van der Waals surface area contributed by atoms with E-state index in [9.17, 15) is 0 Å². The number of rotatable bonds is 0. The summed E-state index contributed by atoms with van der Waals surface area (Å²) in [7, 11) is 2.24. The molecule has 0 amide bonds. The Morgan fingerprint density at radius 1 is 1.43 bits per heavy atom. The molecule has 0 aromatic carbocycles. The molecule has 0 radical (unpaired) electrons. The van der Waals surface area contributed by atoms with E-state index >= 15 is 0 Å². The van der Waals surface area contributed by atoms with E-state index < -0.39 is 0 Å². The molecular weight excluding hydrogens is 172 g/mol. The lowest BCUT2D eigenvalue weighted by Gasteiger charge is -2.31. The molecule has 0 N–H and O–H groups in total. The first-order chi connectivity index (χ1) is 6.86. The Labute approximate surface area is 85.0 Å². The minimum absolute atomic E-state index is 0.660. The quantitative estimate of drug-likeness (QED) is 0.619. The molecular formula is C12H16N2. The SMILES string of the molecule is CN1CCC2CCc3ncccc3C21. The Morgan fingerprint density at radius 2 is 2.36 bits per heavy atom. The van der Waals surface area contributed by atoms with Gasteiger partial charge in [0.25, 0.3) is 0 Å². The molecule has 1 saturated heterocycles. The second-order valence-corrected chi connectivity index (χ2v) is 4.55. The Bertz CT molecular complexity index is 348. The van der Waals surface area contributed by atoms with Gasteiger partial charge in [-0.2, -0.15) is 0 Å². The molecule has 2 heteroatoms. The van der Waals surface area contributed by atoms with Crippen LogP contribution in [0.2, 0.25) is 0 Å². The van der Waals surface area contributed by atoms with Gasteiger partial charge in [-0.1, -0.05) is 6.07 Å². The van der Waals surface area contributed by atoms with Gasteiger partial charge in [0.2, 0.25) is 0 Å². The summed E-state index contributed by atoms with van der Waals surface area (Å²) in [5, 5.41) is 0. The standard InChI is InChI=1S/C12H16N2/c1-14-8-6-9-4-5-11-10(12(9)14)3-2-7-13-11/h2-3,7,9,12H,4-6,8H2,1H3. The van der Waals surface area contributed by atoms with Crippen molar-refractivity contribution >= 4 is 0 Å². The van der Waals surface area contributed by atoms with E-state index in [1.54, 1.807) is 0 Å². The van der Waals surface area contributed by atoms with Crippen molar-refractivity contribution in [2.24, 2.45) is 5.92 Å². The zero-order valence-electron chi connectivity index (χ0n) is 8.61. The molecule has 2 atom stereocenters. The number of hydrogen-bond acceptors (Lipinski definition) is 2. The van der Waals surface area contributed by atoms with Crippen LogP contribution in [0.1, 0.15) is 30.1 Å². The monoisotopic (exact) mass is 188 g/mol. The second-order valence-electron chi connectivity index (χ2n) is 4.55. The minimum atomic E-state index is 0.660. The summed E-state index contributed by atoms with van der Waals surface area (Å²) in [6, 6.07) is 5.00. The zero-order chi connectivity index (χ0) is 9.54. The average Bonchev–Trinajstić information content (AvgIpc) is 2.61. The van der Waals surface area contributed by atoms with Gasteiger partial charge in [0.05, 0.1) is 0 Å². The molecule has 0 bridgehead atoms. The summed E-state index contributed by atoms with van der Waals surface area (Å²) in [4.78, 5) is 6.98. The average molecular weight is 188 g/mol. The molecule has 0 saturated carbocycles. The van der Waals surface area contributed by atoms with Gasteiger partial charge < -0.3 is 0 Å². The number of aryl methyl sites for hydroxylation is 1. The van der Waals surface area contributed by atoms with Crippen LogP contribution in [0.3, 0.4) is 0 Å². The highest BCUT2D eigenvalue weighted by Crippen LogP contribution is 2.43. The van der Waals surface area contributed by atoms with E-state index in [0.717, 1.165) is 5.92 Å². The van der Waals surface area contributed by atoms with Crippen LogP contribution in [0.4, 0.5) is 0 Å². The number of hydrogen-bond donors (Lipinski definition) is 0. The van der Waals surface area contributed by atoms with Crippen molar-refractivity contribution in [3.8, 4) is 0 Å². The maximum atomic E-state index is 4.49. The summed E-state index contributed by atoms with van der Waals surface area (Å²) in [6.07, 6.45) is 5.81. The molecule has 74 valence electrons. The van der Waals surface area contributed by atoms with Crippen LogP contribution in [0.25, 0.3) is 0 Å². The van der Waals surface area contributed by atoms with E-state index in [-0.39, 0.29) is 0 Å². The van der Waals surface area contributed by atoms with Crippen LogP contribution in [-0.2, 0) is 6.42 Å². The van der Waals surface area contributed by atoms with Crippen molar-refractivity contribution in [3.63, 3.8) is 0 Å². The Balaban J connectivity index is 2.07. The van der Waals surface area contributed by atoms with Crippen molar-refractivity contribution in [1.29, 1.82) is 0 Å². The molecule has 1 aliphatic carbocycles. The largest absolute Gasteiger partial charge is 0.299 e. The third-order valence-electron chi connectivity index (χ3n) is 3.77. The Hall–Kier alpha value is -0.890. The van der Waals surface area contributed by atoms with Crippen LogP contribution in [0, 0.1) is 5.92 Å². The third kappa shape index (κ3) is 1.10. The number of pyridine rings is 1. The fraction of sp³-hybridized carbons (Fsp3) is 0.583. The lowest BCUT2D eigenvalue weighted by molar-refractivity contribution is 0.255. The highest BCUT2D eigenvalue weighted by Gasteiger charge is 2.37.